The van der Waals surface area contributed by atoms with Crippen molar-refractivity contribution < 1.29 is 17.9 Å². The Kier molecular flexibility index (Phi) is 5.28. The quantitative estimate of drug-likeness (QED) is 0.797. The van der Waals surface area contributed by atoms with Crippen LogP contribution in [-0.2, 0) is 21.3 Å². The van der Waals surface area contributed by atoms with Crippen LogP contribution in [-0.4, -0.2) is 26.5 Å². The van der Waals surface area contributed by atoms with E-state index < -0.39 is 16.0 Å². The third kappa shape index (κ3) is 3.90. The minimum absolute atomic E-state index is 0.0213. The van der Waals surface area contributed by atoms with E-state index in [4.69, 9.17) is 0 Å². The maximum absolute atomic E-state index is 12.3. The second kappa shape index (κ2) is 6.99. The number of nitrogens with one attached hydrogen (secondary N) is 1. The normalized spacial score (nSPS) is 11.2. The molecule has 0 bridgehead atoms. The number of pyridine rings is 1. The lowest BCUT2D eigenvalue weighted by Gasteiger charge is -2.09. The zero-order chi connectivity index (χ0) is 16.2. The van der Waals surface area contributed by atoms with Crippen molar-refractivity contribution in [3.05, 3.63) is 58.3 Å². The third-order valence-corrected chi connectivity index (χ3v) is 4.91. The lowest BCUT2D eigenvalue weighted by Crippen LogP contribution is -2.24. The van der Waals surface area contributed by atoms with Gasteiger partial charge < -0.3 is 4.74 Å². The molecule has 1 aromatic heterocycles. The van der Waals surface area contributed by atoms with E-state index in [0.29, 0.717) is 10.2 Å². The number of methoxy groups -OCH3 is 1. The lowest BCUT2D eigenvalue weighted by molar-refractivity contribution is 0.0599. The number of halogens is 1. The van der Waals surface area contributed by atoms with Crippen LogP contribution in [0.2, 0.25) is 0 Å². The molecule has 0 aliphatic carbocycles. The van der Waals surface area contributed by atoms with Crippen molar-refractivity contribution >= 4 is 31.9 Å². The van der Waals surface area contributed by atoms with Gasteiger partial charge in [-0.2, -0.15) is 0 Å². The first-order valence-corrected chi connectivity index (χ1v) is 8.49. The fourth-order valence-electron chi connectivity index (χ4n) is 1.69. The predicted octanol–water partition coefficient (Wildman–Crippen LogP) is 2.11. The summed E-state index contributed by atoms with van der Waals surface area (Å²) in [5, 5.41) is 0. The first kappa shape index (κ1) is 16.6. The van der Waals surface area contributed by atoms with E-state index in [-0.39, 0.29) is 17.0 Å². The highest BCUT2D eigenvalue weighted by Gasteiger charge is 2.18. The number of hydrogen-bond donors (Lipinski definition) is 1. The smallest absolute Gasteiger partial charge is 0.339 e. The van der Waals surface area contributed by atoms with Gasteiger partial charge >= 0.3 is 5.97 Å². The molecule has 0 aliphatic heterocycles. The fourth-order valence-corrected chi connectivity index (χ4v) is 3.13. The molecule has 2 aromatic rings. The average molecular weight is 385 g/mol. The molecule has 0 aliphatic rings. The number of carbonyl (C=O) groups excluding carboxylic acids is 1. The van der Waals surface area contributed by atoms with Gasteiger partial charge in [0, 0.05) is 10.7 Å². The van der Waals surface area contributed by atoms with E-state index in [2.05, 4.69) is 30.4 Å². The molecule has 0 radical (unpaired) electrons. The molecule has 22 heavy (non-hydrogen) atoms. The number of nitrogens with zero attached hydrogens (tertiary/aromatic N) is 1. The molecule has 116 valence electrons. The zero-order valence-electron chi connectivity index (χ0n) is 11.6. The van der Waals surface area contributed by atoms with Crippen LogP contribution in [0.4, 0.5) is 0 Å². The summed E-state index contributed by atoms with van der Waals surface area (Å²) in [6, 6.07) is 9.38. The van der Waals surface area contributed by atoms with Crippen molar-refractivity contribution in [1.29, 1.82) is 0 Å². The number of benzene rings is 1. The molecule has 8 heteroatoms. The zero-order valence-corrected chi connectivity index (χ0v) is 14.0. The molecule has 0 saturated heterocycles. The predicted molar refractivity (Wildman–Crippen MR) is 83.7 cm³/mol. The monoisotopic (exact) mass is 384 g/mol. The Morgan fingerprint density at radius 2 is 2.09 bits per heavy atom. The Morgan fingerprint density at radius 1 is 1.32 bits per heavy atom. The number of carbonyl (C=O) groups is 1. The summed E-state index contributed by atoms with van der Waals surface area (Å²) in [7, 11) is -2.53. The average Bonchev–Trinajstić information content (AvgIpc) is 2.53. The summed E-state index contributed by atoms with van der Waals surface area (Å²) in [6.07, 6.45) is 1.58. The molecule has 0 unspecified atom stereocenters. The van der Waals surface area contributed by atoms with Gasteiger partial charge in [0.15, 0.2) is 0 Å². The second-order valence-electron chi connectivity index (χ2n) is 4.28. The number of rotatable bonds is 5. The van der Waals surface area contributed by atoms with Crippen LogP contribution in [0.5, 0.6) is 0 Å². The highest BCUT2D eigenvalue weighted by Crippen LogP contribution is 2.21. The highest BCUT2D eigenvalue weighted by molar-refractivity contribution is 9.10. The van der Waals surface area contributed by atoms with Crippen LogP contribution < -0.4 is 4.72 Å². The van der Waals surface area contributed by atoms with Crippen molar-refractivity contribution in [2.75, 3.05) is 7.11 Å². The van der Waals surface area contributed by atoms with E-state index in [0.717, 1.165) is 0 Å². The van der Waals surface area contributed by atoms with E-state index in [1.807, 2.05) is 0 Å². The van der Waals surface area contributed by atoms with Gasteiger partial charge in [-0.25, -0.2) is 17.9 Å². The summed E-state index contributed by atoms with van der Waals surface area (Å²) in [6.45, 7) is 0.0623. The maximum atomic E-state index is 12.3. The topological polar surface area (TPSA) is 85.4 Å². The van der Waals surface area contributed by atoms with Crippen LogP contribution in [0.25, 0.3) is 0 Å². The summed E-state index contributed by atoms with van der Waals surface area (Å²) < 4.78 is 32.1. The number of hydrogen-bond acceptors (Lipinski definition) is 5. The van der Waals surface area contributed by atoms with Crippen molar-refractivity contribution in [2.24, 2.45) is 0 Å². The van der Waals surface area contributed by atoms with Crippen LogP contribution in [0, 0.1) is 0 Å². The van der Waals surface area contributed by atoms with Crippen LogP contribution in [0.15, 0.2) is 52.0 Å². The summed E-state index contributed by atoms with van der Waals surface area (Å²) >= 11 is 3.19. The Bertz CT molecular complexity index is 779. The van der Waals surface area contributed by atoms with E-state index in [9.17, 15) is 13.2 Å². The Balaban J connectivity index is 2.24. The minimum Gasteiger partial charge on any atom is -0.465 e. The molecule has 0 spiro atoms. The highest BCUT2D eigenvalue weighted by atomic mass is 79.9. The van der Waals surface area contributed by atoms with Crippen molar-refractivity contribution in [3.8, 4) is 0 Å². The van der Waals surface area contributed by atoms with Crippen LogP contribution in [0.1, 0.15) is 16.1 Å². The van der Waals surface area contributed by atoms with Gasteiger partial charge in [0.05, 0.1) is 29.8 Å². The summed E-state index contributed by atoms with van der Waals surface area (Å²) in [5.41, 5.74) is 0.736. The molecule has 1 N–H and O–H groups in total. The molecule has 2 rings (SSSR count). The standard InChI is InChI=1S/C14H13BrN2O4S/c1-21-14(18)12-8-11(5-6-13(12)15)22(19,20)17-9-10-4-2-3-7-16-10/h2-8,17H,9H2,1H3. The molecule has 0 fully saturated rings. The number of ether oxygens (including phenoxy) is 1. The molecular formula is C14H13BrN2O4S. The van der Waals surface area contributed by atoms with Gasteiger partial charge in [-0.05, 0) is 46.3 Å². The number of esters is 1. The Labute approximate surface area is 136 Å². The summed E-state index contributed by atoms with van der Waals surface area (Å²) in [4.78, 5) is 15.6. The first-order valence-electron chi connectivity index (χ1n) is 6.21. The molecule has 0 atom stereocenters. The Morgan fingerprint density at radius 3 is 2.73 bits per heavy atom. The largest absolute Gasteiger partial charge is 0.465 e. The van der Waals surface area contributed by atoms with Gasteiger partial charge in [-0.15, -0.1) is 0 Å². The molecule has 1 aromatic carbocycles. The first-order chi connectivity index (χ1) is 10.4. The van der Waals surface area contributed by atoms with Gasteiger partial charge in [-0.1, -0.05) is 6.07 Å². The molecule has 0 saturated carbocycles. The maximum Gasteiger partial charge on any atom is 0.339 e. The second-order valence-corrected chi connectivity index (χ2v) is 6.90. The van der Waals surface area contributed by atoms with Gasteiger partial charge in [-0.3, -0.25) is 4.98 Å². The van der Waals surface area contributed by atoms with E-state index >= 15 is 0 Å². The SMILES string of the molecule is COC(=O)c1cc(S(=O)(=O)NCc2ccccn2)ccc1Br. The van der Waals surface area contributed by atoms with Gasteiger partial charge in [0.1, 0.15) is 0 Å². The summed E-state index contributed by atoms with van der Waals surface area (Å²) in [5.74, 6) is -0.617. The van der Waals surface area contributed by atoms with Crippen LogP contribution >= 0.6 is 15.9 Å². The molecule has 0 amide bonds. The lowest BCUT2D eigenvalue weighted by atomic mass is 10.2. The van der Waals surface area contributed by atoms with E-state index in [1.54, 1.807) is 24.4 Å². The fraction of sp³-hybridized carbons (Fsp3) is 0.143. The van der Waals surface area contributed by atoms with Gasteiger partial charge in [0.25, 0.3) is 0 Å². The molecule has 1 heterocycles. The number of aromatic nitrogens is 1. The van der Waals surface area contributed by atoms with E-state index in [1.165, 1.54) is 25.3 Å². The molecular weight excluding hydrogens is 372 g/mol. The Hall–Kier alpha value is -1.77. The minimum atomic E-state index is -3.76. The van der Waals surface area contributed by atoms with Crippen molar-refractivity contribution in [3.63, 3.8) is 0 Å². The third-order valence-electron chi connectivity index (χ3n) is 2.82. The van der Waals surface area contributed by atoms with Gasteiger partial charge in [0.2, 0.25) is 10.0 Å². The molecule has 6 nitrogen and oxygen atoms in total. The van der Waals surface area contributed by atoms with Crippen molar-refractivity contribution in [2.45, 2.75) is 11.4 Å². The number of sulfonamides is 1. The van der Waals surface area contributed by atoms with Crippen molar-refractivity contribution in [1.82, 2.24) is 9.71 Å². The van der Waals surface area contributed by atoms with Crippen LogP contribution in [0.3, 0.4) is 0 Å².